The molecule has 142 valence electrons. The Morgan fingerprint density at radius 1 is 1.19 bits per heavy atom. The van der Waals surface area contributed by atoms with Gasteiger partial charge in [-0.05, 0) is 68.0 Å². The van der Waals surface area contributed by atoms with E-state index in [1.54, 1.807) is 11.8 Å². The van der Waals surface area contributed by atoms with Gasteiger partial charge in [-0.1, -0.05) is 25.0 Å². The molecule has 1 aliphatic rings. The first kappa shape index (κ1) is 19.3. The molecule has 1 aliphatic carbocycles. The second kappa shape index (κ2) is 8.06. The third kappa shape index (κ3) is 4.27. The predicted octanol–water partition coefficient (Wildman–Crippen LogP) is 3.10. The maximum Gasteiger partial charge on any atom is 0.173 e. The number of rotatable bonds is 5. The predicted molar refractivity (Wildman–Crippen MR) is 106 cm³/mol. The fourth-order valence-electron chi connectivity index (χ4n) is 3.55. The Labute approximate surface area is 160 Å². The minimum Gasteiger partial charge on any atom is -0.326 e. The molecule has 0 saturated heterocycles. The molecule has 0 radical (unpaired) electrons. The highest BCUT2D eigenvalue weighted by Gasteiger charge is 2.31. The van der Waals surface area contributed by atoms with Crippen molar-refractivity contribution in [2.24, 2.45) is 5.73 Å². The number of aromatic nitrogens is 4. The third-order valence-corrected chi connectivity index (χ3v) is 5.78. The van der Waals surface area contributed by atoms with Crippen molar-refractivity contribution in [1.82, 2.24) is 25.5 Å². The zero-order chi connectivity index (χ0) is 18.7. The number of hydrogen-bond donors (Lipinski definition) is 2. The second-order valence-electron chi connectivity index (χ2n) is 8.05. The molecule has 0 spiro atoms. The van der Waals surface area contributed by atoms with E-state index in [1.165, 1.54) is 23.3 Å². The van der Waals surface area contributed by atoms with Crippen molar-refractivity contribution in [3.05, 3.63) is 35.7 Å². The molecule has 1 heterocycles. The number of hydrogen-bond acceptors (Lipinski definition) is 6. The van der Waals surface area contributed by atoms with Gasteiger partial charge in [-0.15, -0.1) is 16.9 Å². The average molecular weight is 375 g/mol. The molecule has 0 amide bonds. The van der Waals surface area contributed by atoms with Crippen molar-refractivity contribution in [3.63, 3.8) is 0 Å². The van der Waals surface area contributed by atoms with Crippen LogP contribution in [-0.4, -0.2) is 38.5 Å². The van der Waals surface area contributed by atoms with Crippen molar-refractivity contribution < 1.29 is 0 Å². The highest BCUT2D eigenvalue weighted by atomic mass is 32.2. The first-order valence-electron chi connectivity index (χ1n) is 9.34. The molecule has 0 bridgehead atoms. The van der Waals surface area contributed by atoms with Gasteiger partial charge in [0.25, 0.3) is 0 Å². The SMILES string of the molecule is CSc1ccc(C(NC2CCCCC2N)c2nnnn2C(C)(C)C)cc1. The number of nitrogens with one attached hydrogen (secondary N) is 1. The molecule has 1 fully saturated rings. The lowest BCUT2D eigenvalue weighted by Crippen LogP contribution is -2.49. The number of benzene rings is 1. The topological polar surface area (TPSA) is 81.7 Å². The van der Waals surface area contributed by atoms with Crippen LogP contribution in [0.2, 0.25) is 0 Å². The Morgan fingerprint density at radius 3 is 2.50 bits per heavy atom. The summed E-state index contributed by atoms with van der Waals surface area (Å²) < 4.78 is 1.92. The maximum absolute atomic E-state index is 6.40. The van der Waals surface area contributed by atoms with Crippen LogP contribution in [0, 0.1) is 0 Å². The molecule has 3 atom stereocenters. The number of tetrazole rings is 1. The van der Waals surface area contributed by atoms with E-state index in [4.69, 9.17) is 5.73 Å². The molecule has 6 nitrogen and oxygen atoms in total. The van der Waals surface area contributed by atoms with E-state index in [-0.39, 0.29) is 23.7 Å². The van der Waals surface area contributed by atoms with E-state index in [2.05, 4.69) is 72.1 Å². The third-order valence-electron chi connectivity index (χ3n) is 5.04. The Bertz CT molecular complexity index is 706. The summed E-state index contributed by atoms with van der Waals surface area (Å²) in [5.74, 6) is 0.840. The summed E-state index contributed by atoms with van der Waals surface area (Å²) in [6, 6.07) is 9.02. The quantitative estimate of drug-likeness (QED) is 0.783. The molecule has 0 aliphatic heterocycles. The molecule has 7 heteroatoms. The average Bonchev–Trinajstić information content (AvgIpc) is 3.11. The van der Waals surface area contributed by atoms with Crippen molar-refractivity contribution in [2.75, 3.05) is 6.26 Å². The van der Waals surface area contributed by atoms with E-state index >= 15 is 0 Å². The minimum atomic E-state index is -0.188. The monoisotopic (exact) mass is 374 g/mol. The first-order chi connectivity index (χ1) is 12.4. The van der Waals surface area contributed by atoms with Crippen LogP contribution < -0.4 is 11.1 Å². The molecule has 3 rings (SSSR count). The Balaban J connectivity index is 1.97. The van der Waals surface area contributed by atoms with Gasteiger partial charge in [0.1, 0.15) is 0 Å². The van der Waals surface area contributed by atoms with Gasteiger partial charge in [-0.25, -0.2) is 4.68 Å². The van der Waals surface area contributed by atoms with Crippen molar-refractivity contribution in [2.45, 2.75) is 75.0 Å². The van der Waals surface area contributed by atoms with E-state index in [9.17, 15) is 0 Å². The van der Waals surface area contributed by atoms with Gasteiger partial charge in [0.2, 0.25) is 0 Å². The fourth-order valence-corrected chi connectivity index (χ4v) is 3.96. The van der Waals surface area contributed by atoms with Crippen LogP contribution in [-0.2, 0) is 5.54 Å². The lowest BCUT2D eigenvalue weighted by atomic mass is 9.89. The van der Waals surface area contributed by atoms with Crippen molar-refractivity contribution in [1.29, 1.82) is 0 Å². The van der Waals surface area contributed by atoms with E-state index in [1.807, 2.05) is 4.68 Å². The summed E-state index contributed by atoms with van der Waals surface area (Å²) in [4.78, 5) is 1.25. The summed E-state index contributed by atoms with van der Waals surface area (Å²) in [6.45, 7) is 6.35. The highest BCUT2D eigenvalue weighted by Crippen LogP contribution is 2.28. The van der Waals surface area contributed by atoms with Crippen LogP contribution in [0.1, 0.15) is 63.9 Å². The lowest BCUT2D eigenvalue weighted by molar-refractivity contribution is 0.287. The molecule has 26 heavy (non-hydrogen) atoms. The van der Waals surface area contributed by atoms with Gasteiger partial charge in [0.15, 0.2) is 5.82 Å². The van der Waals surface area contributed by atoms with E-state index in [0.29, 0.717) is 0 Å². The molecule has 3 unspecified atom stereocenters. The maximum atomic E-state index is 6.40. The van der Waals surface area contributed by atoms with Gasteiger partial charge < -0.3 is 5.73 Å². The smallest absolute Gasteiger partial charge is 0.173 e. The Hall–Kier alpha value is -1.44. The second-order valence-corrected chi connectivity index (χ2v) is 8.93. The van der Waals surface area contributed by atoms with Crippen LogP contribution in [0.3, 0.4) is 0 Å². The van der Waals surface area contributed by atoms with E-state index < -0.39 is 0 Å². The number of nitrogens with two attached hydrogens (primary N) is 1. The Morgan fingerprint density at radius 2 is 1.88 bits per heavy atom. The van der Waals surface area contributed by atoms with Crippen LogP contribution in [0.5, 0.6) is 0 Å². The molecular weight excluding hydrogens is 344 g/mol. The van der Waals surface area contributed by atoms with Gasteiger partial charge >= 0.3 is 0 Å². The van der Waals surface area contributed by atoms with Crippen LogP contribution in [0.4, 0.5) is 0 Å². The van der Waals surface area contributed by atoms with Crippen LogP contribution >= 0.6 is 11.8 Å². The summed E-state index contributed by atoms with van der Waals surface area (Å²) in [7, 11) is 0. The van der Waals surface area contributed by atoms with Gasteiger partial charge in [-0.2, -0.15) is 0 Å². The van der Waals surface area contributed by atoms with Crippen LogP contribution in [0.25, 0.3) is 0 Å². The van der Waals surface area contributed by atoms with E-state index in [0.717, 1.165) is 18.7 Å². The zero-order valence-electron chi connectivity index (χ0n) is 16.1. The van der Waals surface area contributed by atoms with Crippen molar-refractivity contribution >= 4 is 11.8 Å². The summed E-state index contributed by atoms with van der Waals surface area (Å²) >= 11 is 1.74. The molecule has 1 aromatic carbocycles. The minimum absolute atomic E-state index is 0.0747. The zero-order valence-corrected chi connectivity index (χ0v) is 17.0. The van der Waals surface area contributed by atoms with Gasteiger partial charge in [0, 0.05) is 17.0 Å². The highest BCUT2D eigenvalue weighted by molar-refractivity contribution is 7.98. The summed E-state index contributed by atoms with van der Waals surface area (Å²) in [5, 5.41) is 16.4. The van der Waals surface area contributed by atoms with Crippen LogP contribution in [0.15, 0.2) is 29.2 Å². The molecule has 3 N–H and O–H groups in total. The molecular formula is C19H30N6S. The fraction of sp³-hybridized carbons (Fsp3) is 0.632. The molecule has 1 saturated carbocycles. The molecule has 1 aromatic heterocycles. The standard InChI is InChI=1S/C19H30N6S/c1-19(2,3)25-18(22-23-24-25)17(13-9-11-14(26-4)12-10-13)21-16-8-6-5-7-15(16)20/h9-12,15-17,21H,5-8,20H2,1-4H3. The number of thioether (sulfide) groups is 1. The normalized spacial score (nSPS) is 22.3. The van der Waals surface area contributed by atoms with Gasteiger partial charge in [-0.3, -0.25) is 5.32 Å². The Kier molecular flexibility index (Phi) is 5.99. The lowest BCUT2D eigenvalue weighted by Gasteiger charge is -2.34. The van der Waals surface area contributed by atoms with Gasteiger partial charge in [0.05, 0.1) is 11.6 Å². The summed E-state index contributed by atoms with van der Waals surface area (Å²) in [6.07, 6.45) is 6.68. The molecule has 2 aromatic rings. The van der Waals surface area contributed by atoms with Crippen molar-refractivity contribution in [3.8, 4) is 0 Å². The summed E-state index contributed by atoms with van der Waals surface area (Å²) in [5.41, 5.74) is 7.38. The first-order valence-corrected chi connectivity index (χ1v) is 10.6. The number of nitrogens with zero attached hydrogens (tertiary/aromatic N) is 4. The largest absolute Gasteiger partial charge is 0.326 e.